The molecule has 0 aliphatic heterocycles. The second kappa shape index (κ2) is 8.47. The molecule has 0 aromatic heterocycles. The Hall–Kier alpha value is -0.263. The third kappa shape index (κ3) is 4.89. The summed E-state index contributed by atoms with van der Waals surface area (Å²) in [7, 11) is -0.234. The van der Waals surface area contributed by atoms with E-state index in [4.69, 9.17) is 9.16 Å². The van der Waals surface area contributed by atoms with Crippen LogP contribution >= 0.6 is 31.9 Å². The maximum Gasteiger partial charge on any atom is 0.250 e. The van der Waals surface area contributed by atoms with Crippen LogP contribution in [-0.2, 0) is 6.42 Å². The molecule has 0 N–H and O–H groups in total. The van der Waals surface area contributed by atoms with E-state index in [1.165, 1.54) is 11.1 Å². The smallest absolute Gasteiger partial charge is 0.250 e. The van der Waals surface area contributed by atoms with Gasteiger partial charge in [0, 0.05) is 4.83 Å². The number of methoxy groups -OCH3 is 1. The van der Waals surface area contributed by atoms with Gasteiger partial charge >= 0.3 is 0 Å². The first-order chi connectivity index (χ1) is 12.7. The number of hydrogen-bond acceptors (Lipinski definition) is 2. The van der Waals surface area contributed by atoms with Gasteiger partial charge in [-0.2, -0.15) is 0 Å². The number of hydrogen-bond donors (Lipinski definition) is 0. The topological polar surface area (TPSA) is 18.5 Å². The molecule has 0 radical (unpaired) electrons. The quantitative estimate of drug-likeness (QED) is 0.217. The van der Waals surface area contributed by atoms with Gasteiger partial charge in [0.15, 0.2) is 0 Å². The zero-order valence-electron chi connectivity index (χ0n) is 18.7. The van der Waals surface area contributed by atoms with Crippen LogP contribution in [0.5, 0.6) is 11.5 Å². The molecule has 1 saturated carbocycles. The Morgan fingerprint density at radius 1 is 1.21 bits per heavy atom. The van der Waals surface area contributed by atoms with Crippen LogP contribution in [-0.4, -0.2) is 20.3 Å². The Bertz CT molecular complexity index is 735. The summed E-state index contributed by atoms with van der Waals surface area (Å²) in [6.07, 6.45) is 3.15. The summed E-state index contributed by atoms with van der Waals surface area (Å²) in [5.41, 5.74) is 2.70. The van der Waals surface area contributed by atoms with Gasteiger partial charge in [-0.05, 0) is 82.4 Å². The fourth-order valence-corrected chi connectivity index (χ4v) is 5.72. The average molecular weight is 532 g/mol. The first-order valence-corrected chi connectivity index (χ1v) is 14.7. The Kier molecular flexibility index (Phi) is 7.26. The van der Waals surface area contributed by atoms with Crippen LogP contribution < -0.4 is 9.16 Å². The molecular formula is C23H36Br2O2Si. The van der Waals surface area contributed by atoms with Gasteiger partial charge in [-0.25, -0.2) is 0 Å². The molecule has 0 heterocycles. The highest BCUT2D eigenvalue weighted by Gasteiger charge is 2.42. The van der Waals surface area contributed by atoms with Crippen molar-refractivity contribution in [3.8, 4) is 11.5 Å². The lowest BCUT2D eigenvalue weighted by atomic mass is 9.64. The summed E-state index contributed by atoms with van der Waals surface area (Å²) in [6.45, 7) is 20.6. The molecule has 28 heavy (non-hydrogen) atoms. The van der Waals surface area contributed by atoms with Crippen molar-refractivity contribution >= 4 is 40.2 Å². The van der Waals surface area contributed by atoms with Gasteiger partial charge in [0.1, 0.15) is 11.5 Å². The molecule has 5 heteroatoms. The molecule has 0 amide bonds. The van der Waals surface area contributed by atoms with Crippen molar-refractivity contribution in [2.24, 2.45) is 11.3 Å². The monoisotopic (exact) mass is 530 g/mol. The van der Waals surface area contributed by atoms with Gasteiger partial charge in [0.05, 0.1) is 11.6 Å². The molecule has 1 aromatic carbocycles. The fourth-order valence-electron chi connectivity index (χ4n) is 3.65. The molecule has 158 valence electrons. The number of benzene rings is 1. The van der Waals surface area contributed by atoms with Gasteiger partial charge in [0.2, 0.25) is 8.32 Å². The highest BCUT2D eigenvalue weighted by Crippen LogP contribution is 2.49. The summed E-state index contributed by atoms with van der Waals surface area (Å²) in [5.74, 6) is 2.24. The Morgan fingerprint density at radius 2 is 1.82 bits per heavy atom. The second-order valence-corrected chi connectivity index (χ2v) is 16.9. The van der Waals surface area contributed by atoms with Gasteiger partial charge in [-0.15, -0.1) is 0 Å². The molecule has 0 bridgehead atoms. The van der Waals surface area contributed by atoms with Gasteiger partial charge in [0.25, 0.3) is 0 Å². The third-order valence-electron chi connectivity index (χ3n) is 6.85. The normalized spacial score (nSPS) is 22.9. The third-order valence-corrected chi connectivity index (χ3v) is 13.4. The predicted molar refractivity (Wildman–Crippen MR) is 131 cm³/mol. The van der Waals surface area contributed by atoms with Crippen molar-refractivity contribution < 1.29 is 9.16 Å². The molecule has 2 rings (SSSR count). The van der Waals surface area contributed by atoms with Crippen molar-refractivity contribution in [3.05, 3.63) is 34.3 Å². The lowest BCUT2D eigenvalue weighted by molar-refractivity contribution is 0.202. The minimum absolute atomic E-state index is 0.143. The van der Waals surface area contributed by atoms with Gasteiger partial charge < -0.3 is 9.16 Å². The van der Waals surface area contributed by atoms with E-state index >= 15 is 0 Å². The number of alkyl halides is 1. The molecule has 2 atom stereocenters. The Labute approximate surface area is 189 Å². The predicted octanol–water partition coefficient (Wildman–Crippen LogP) is 8.14. The zero-order chi connectivity index (χ0) is 21.5. The highest BCUT2D eigenvalue weighted by molar-refractivity contribution is 9.10. The second-order valence-electron chi connectivity index (χ2n) is 10.2. The summed E-state index contributed by atoms with van der Waals surface area (Å²) in [5, 5.41) is 0.144. The molecule has 0 spiro atoms. The lowest BCUT2D eigenvalue weighted by Gasteiger charge is -2.44. The molecule has 1 aromatic rings. The SMILES string of the molecule is C=C1CC[C@H](Br)C(C)(C)[C@@H]1Cc1cc(OC)c(Br)cc1O[Si](C)(C)C(C)(C)C. The molecule has 1 fully saturated rings. The van der Waals surface area contributed by atoms with Crippen LogP contribution in [0, 0.1) is 11.3 Å². The Morgan fingerprint density at radius 3 is 2.36 bits per heavy atom. The molecule has 1 aliphatic carbocycles. The minimum Gasteiger partial charge on any atom is -0.543 e. The van der Waals surface area contributed by atoms with Crippen LogP contribution in [0.4, 0.5) is 0 Å². The fraction of sp³-hybridized carbons (Fsp3) is 0.652. The average Bonchev–Trinajstić information content (AvgIpc) is 2.55. The summed E-state index contributed by atoms with van der Waals surface area (Å²) in [4.78, 5) is 0.498. The number of halogens is 2. The van der Waals surface area contributed by atoms with Crippen molar-refractivity contribution in [1.29, 1.82) is 0 Å². The summed E-state index contributed by atoms with van der Waals surface area (Å²) < 4.78 is 13.3. The highest BCUT2D eigenvalue weighted by atomic mass is 79.9. The molecule has 0 saturated heterocycles. The van der Waals surface area contributed by atoms with Crippen LogP contribution in [0.1, 0.15) is 53.0 Å². The lowest BCUT2D eigenvalue weighted by Crippen LogP contribution is -2.44. The maximum absolute atomic E-state index is 6.76. The maximum atomic E-state index is 6.76. The first kappa shape index (κ1) is 24.0. The van der Waals surface area contributed by atoms with Crippen molar-refractivity contribution in [3.63, 3.8) is 0 Å². The minimum atomic E-state index is -1.95. The van der Waals surface area contributed by atoms with E-state index < -0.39 is 8.32 Å². The standard InChI is InChI=1S/C23H36Br2O2Si/c1-15-10-11-21(25)23(5,6)17(15)12-16-13-20(26-7)18(24)14-19(16)27-28(8,9)22(2,3)4/h13-14,17,21H,1,10-12H2,2-9H3/t17-,21+/m1/s1. The first-order valence-electron chi connectivity index (χ1n) is 10.1. The number of allylic oxidation sites excluding steroid dienone is 1. The van der Waals surface area contributed by atoms with Crippen molar-refractivity contribution in [2.45, 2.75) is 76.8 Å². The largest absolute Gasteiger partial charge is 0.543 e. The van der Waals surface area contributed by atoms with E-state index in [1.54, 1.807) is 7.11 Å². The van der Waals surface area contributed by atoms with Crippen molar-refractivity contribution in [2.75, 3.05) is 7.11 Å². The van der Waals surface area contributed by atoms with E-state index in [-0.39, 0.29) is 10.5 Å². The molecule has 0 unspecified atom stereocenters. The van der Waals surface area contributed by atoms with Gasteiger partial charge in [-0.3, -0.25) is 0 Å². The summed E-state index contributed by atoms with van der Waals surface area (Å²) in [6, 6.07) is 4.24. The van der Waals surface area contributed by atoms with Crippen LogP contribution in [0.15, 0.2) is 28.8 Å². The zero-order valence-corrected chi connectivity index (χ0v) is 22.9. The number of rotatable bonds is 5. The van der Waals surface area contributed by atoms with Crippen LogP contribution in [0.2, 0.25) is 18.1 Å². The van der Waals surface area contributed by atoms with E-state index in [9.17, 15) is 0 Å². The molecule has 2 nitrogen and oxygen atoms in total. The van der Waals surface area contributed by atoms with E-state index in [1.807, 2.05) is 0 Å². The van der Waals surface area contributed by atoms with E-state index in [2.05, 4.69) is 98.3 Å². The van der Waals surface area contributed by atoms with E-state index in [0.717, 1.165) is 35.2 Å². The Balaban J connectivity index is 2.48. The number of ether oxygens (including phenoxy) is 1. The van der Waals surface area contributed by atoms with Crippen molar-refractivity contribution in [1.82, 2.24) is 0 Å². The van der Waals surface area contributed by atoms with Crippen LogP contribution in [0.3, 0.4) is 0 Å². The van der Waals surface area contributed by atoms with E-state index in [0.29, 0.717) is 10.7 Å². The van der Waals surface area contributed by atoms with Gasteiger partial charge in [-0.1, -0.05) is 62.7 Å². The molecule has 1 aliphatic rings. The summed E-state index contributed by atoms with van der Waals surface area (Å²) >= 11 is 7.58. The van der Waals surface area contributed by atoms with Crippen LogP contribution in [0.25, 0.3) is 0 Å². The molecular weight excluding hydrogens is 496 g/mol.